The van der Waals surface area contributed by atoms with Crippen molar-refractivity contribution in [2.24, 2.45) is 0 Å². The molecule has 1 saturated heterocycles. The summed E-state index contributed by atoms with van der Waals surface area (Å²) in [4.78, 5) is 43.5. The fourth-order valence-corrected chi connectivity index (χ4v) is 5.05. The number of Topliss-reactive ketones (excluding diaryl/α,β-unsaturated/α-hetero) is 1. The highest BCUT2D eigenvalue weighted by Crippen LogP contribution is 2.32. The van der Waals surface area contributed by atoms with E-state index in [0.29, 0.717) is 53.1 Å². The van der Waals surface area contributed by atoms with Gasteiger partial charge in [0.15, 0.2) is 5.78 Å². The molecule has 2 aromatic carbocycles. The van der Waals surface area contributed by atoms with E-state index in [1.807, 2.05) is 70.2 Å². The molecule has 41 heavy (non-hydrogen) atoms. The third kappa shape index (κ3) is 10.1. The van der Waals surface area contributed by atoms with E-state index in [-0.39, 0.29) is 24.1 Å². The minimum absolute atomic E-state index is 0.00346. The van der Waals surface area contributed by atoms with Gasteiger partial charge < -0.3 is 9.15 Å². The van der Waals surface area contributed by atoms with E-state index >= 15 is 0 Å². The number of thiocarbonyl (C=S) groups is 1. The maximum Gasteiger partial charge on any atom is 0.305 e. The summed E-state index contributed by atoms with van der Waals surface area (Å²) in [6.45, 7) is 10.5. The molecular weight excluding hydrogens is 556 g/mol. The number of aromatic nitrogens is 1. The standard InChI is InChI=1S/C28H26N2O5S2.2C2H6/c1-2-34-25(32)9-6-16-30-27(33)24(37-28(30)36)17-19-10-12-20(13-11-19)23(31)15-14-22-18-35-26(29-22)21-7-4-3-5-8-21;2*1-2/h3-5,7-8,10-13,17-18H,2,6,9,14-16H2,1H3;2*1-2H3/b24-17-;;. The van der Waals surface area contributed by atoms with Gasteiger partial charge in [-0.2, -0.15) is 0 Å². The predicted octanol–water partition coefficient (Wildman–Crippen LogP) is 7.75. The molecule has 0 saturated carbocycles. The van der Waals surface area contributed by atoms with E-state index in [1.165, 1.54) is 16.7 Å². The van der Waals surface area contributed by atoms with Gasteiger partial charge in [-0.25, -0.2) is 4.98 Å². The Labute approximate surface area is 252 Å². The lowest BCUT2D eigenvalue weighted by Crippen LogP contribution is -2.29. The molecule has 9 heteroatoms. The molecule has 1 aliphatic rings. The Balaban J connectivity index is 0.00000141. The summed E-state index contributed by atoms with van der Waals surface area (Å²) in [6, 6.07) is 16.7. The van der Waals surface area contributed by atoms with Crippen LogP contribution < -0.4 is 0 Å². The number of benzene rings is 2. The quantitative estimate of drug-likeness (QED) is 0.0963. The molecule has 4 rings (SSSR count). The van der Waals surface area contributed by atoms with Crippen LogP contribution in [0, 0.1) is 0 Å². The van der Waals surface area contributed by atoms with Crippen LogP contribution in [0.5, 0.6) is 0 Å². The SMILES string of the molecule is CC.CC.CCOC(=O)CCCN1C(=O)/C(=C/c2ccc(C(=O)CCc3coc(-c4ccccc4)n3)cc2)SC1=S. The van der Waals surface area contributed by atoms with Gasteiger partial charge in [0.1, 0.15) is 10.6 Å². The van der Waals surface area contributed by atoms with Crippen molar-refractivity contribution in [3.05, 3.63) is 82.6 Å². The van der Waals surface area contributed by atoms with Crippen LogP contribution in [-0.4, -0.2) is 45.0 Å². The zero-order valence-corrected chi connectivity index (χ0v) is 26.0. The summed E-state index contributed by atoms with van der Waals surface area (Å²) in [5, 5.41) is 0. The third-order valence-corrected chi connectivity index (χ3v) is 7.03. The molecule has 0 atom stereocenters. The van der Waals surface area contributed by atoms with Crippen molar-refractivity contribution >= 4 is 52.0 Å². The number of carbonyl (C=O) groups excluding carboxylic acids is 3. The van der Waals surface area contributed by atoms with E-state index in [1.54, 1.807) is 31.4 Å². The summed E-state index contributed by atoms with van der Waals surface area (Å²) in [5.41, 5.74) is 3.01. The summed E-state index contributed by atoms with van der Waals surface area (Å²) < 4.78 is 10.9. The van der Waals surface area contributed by atoms with Crippen molar-refractivity contribution in [1.82, 2.24) is 9.88 Å². The number of ketones is 1. The van der Waals surface area contributed by atoms with Gasteiger partial charge in [-0.15, -0.1) is 0 Å². The number of oxazole rings is 1. The van der Waals surface area contributed by atoms with Crippen LogP contribution in [0.1, 0.15) is 75.5 Å². The number of ether oxygens (including phenoxy) is 1. The van der Waals surface area contributed by atoms with Crippen LogP contribution in [0.25, 0.3) is 17.5 Å². The van der Waals surface area contributed by atoms with Crippen LogP contribution in [0.15, 0.2) is 70.2 Å². The molecule has 0 N–H and O–H groups in total. The Morgan fingerprint density at radius 2 is 1.71 bits per heavy atom. The summed E-state index contributed by atoms with van der Waals surface area (Å²) in [7, 11) is 0. The molecule has 1 aliphatic heterocycles. The molecule has 7 nitrogen and oxygen atoms in total. The Bertz CT molecular complexity index is 1320. The normalized spacial score (nSPS) is 13.3. The van der Waals surface area contributed by atoms with Crippen molar-refractivity contribution < 1.29 is 23.5 Å². The van der Waals surface area contributed by atoms with Crippen molar-refractivity contribution in [2.75, 3.05) is 13.2 Å². The second-order valence-corrected chi connectivity index (χ2v) is 9.97. The van der Waals surface area contributed by atoms with Gasteiger partial charge in [0.25, 0.3) is 5.91 Å². The zero-order chi connectivity index (χ0) is 30.2. The van der Waals surface area contributed by atoms with Crippen molar-refractivity contribution in [3.8, 4) is 11.5 Å². The third-order valence-electron chi connectivity index (χ3n) is 5.65. The predicted molar refractivity (Wildman–Crippen MR) is 169 cm³/mol. The number of rotatable bonds is 11. The van der Waals surface area contributed by atoms with Gasteiger partial charge in [-0.3, -0.25) is 19.3 Å². The lowest BCUT2D eigenvalue weighted by Gasteiger charge is -2.13. The molecular formula is C32H38N2O5S2. The topological polar surface area (TPSA) is 89.7 Å². The first-order chi connectivity index (χ1) is 19.9. The fourth-order valence-electron chi connectivity index (χ4n) is 3.75. The molecule has 2 heterocycles. The number of thioether (sulfide) groups is 1. The molecule has 1 amide bonds. The number of hydrogen-bond acceptors (Lipinski definition) is 8. The Hall–Kier alpha value is -3.56. The smallest absolute Gasteiger partial charge is 0.305 e. The van der Waals surface area contributed by atoms with Crippen molar-refractivity contribution in [1.29, 1.82) is 0 Å². The van der Waals surface area contributed by atoms with E-state index in [9.17, 15) is 14.4 Å². The number of aryl methyl sites for hydroxylation is 1. The van der Waals surface area contributed by atoms with Gasteiger partial charge in [0.05, 0.1) is 17.2 Å². The highest BCUT2D eigenvalue weighted by Gasteiger charge is 2.31. The maximum absolute atomic E-state index is 12.8. The number of amides is 1. The van der Waals surface area contributed by atoms with Crippen LogP contribution in [-0.2, 0) is 20.7 Å². The first kappa shape index (κ1) is 33.6. The minimum Gasteiger partial charge on any atom is -0.466 e. The molecule has 0 bridgehead atoms. The van der Waals surface area contributed by atoms with Gasteiger partial charge in [-0.05, 0) is 37.1 Å². The van der Waals surface area contributed by atoms with Crippen LogP contribution in [0.4, 0.5) is 0 Å². The van der Waals surface area contributed by atoms with Crippen LogP contribution in [0.2, 0.25) is 0 Å². The van der Waals surface area contributed by atoms with Crippen molar-refractivity contribution in [2.45, 2.75) is 60.3 Å². The van der Waals surface area contributed by atoms with Crippen LogP contribution >= 0.6 is 24.0 Å². The number of esters is 1. The number of hydrogen-bond donors (Lipinski definition) is 0. The van der Waals surface area contributed by atoms with E-state index in [0.717, 1.165) is 16.8 Å². The highest BCUT2D eigenvalue weighted by molar-refractivity contribution is 8.26. The first-order valence-corrected chi connectivity index (χ1v) is 15.2. The Morgan fingerprint density at radius 1 is 1.02 bits per heavy atom. The molecule has 0 spiro atoms. The molecule has 0 radical (unpaired) electrons. The molecule has 0 unspecified atom stereocenters. The molecule has 1 fully saturated rings. The molecule has 0 aliphatic carbocycles. The number of nitrogens with zero attached hydrogens (tertiary/aromatic N) is 2. The van der Waals surface area contributed by atoms with Crippen molar-refractivity contribution in [3.63, 3.8) is 0 Å². The lowest BCUT2D eigenvalue weighted by atomic mass is 10.0. The highest BCUT2D eigenvalue weighted by atomic mass is 32.2. The minimum atomic E-state index is -0.281. The summed E-state index contributed by atoms with van der Waals surface area (Å²) in [5.74, 6) is 0.0816. The van der Waals surface area contributed by atoms with Gasteiger partial charge in [-0.1, -0.05) is 94.1 Å². The average molecular weight is 595 g/mol. The number of carbonyl (C=O) groups is 3. The van der Waals surface area contributed by atoms with E-state index < -0.39 is 0 Å². The Kier molecular flexibility index (Phi) is 14.8. The fraction of sp³-hybridized carbons (Fsp3) is 0.344. The molecule has 1 aromatic heterocycles. The van der Waals surface area contributed by atoms with Gasteiger partial charge in [0.2, 0.25) is 5.89 Å². The first-order valence-electron chi connectivity index (χ1n) is 14.0. The maximum atomic E-state index is 12.8. The monoisotopic (exact) mass is 594 g/mol. The Morgan fingerprint density at radius 3 is 2.37 bits per heavy atom. The van der Waals surface area contributed by atoms with E-state index in [4.69, 9.17) is 21.4 Å². The molecule has 3 aromatic rings. The van der Waals surface area contributed by atoms with Crippen LogP contribution in [0.3, 0.4) is 0 Å². The second kappa shape index (κ2) is 18.0. The second-order valence-electron chi connectivity index (χ2n) is 8.30. The largest absolute Gasteiger partial charge is 0.466 e. The van der Waals surface area contributed by atoms with E-state index in [2.05, 4.69) is 4.98 Å². The van der Waals surface area contributed by atoms with Gasteiger partial charge in [0, 0.05) is 36.9 Å². The summed E-state index contributed by atoms with van der Waals surface area (Å²) >= 11 is 6.58. The average Bonchev–Trinajstić information content (AvgIpc) is 3.59. The molecule has 218 valence electrons. The zero-order valence-electron chi connectivity index (χ0n) is 24.3. The van der Waals surface area contributed by atoms with Gasteiger partial charge >= 0.3 is 5.97 Å². The summed E-state index contributed by atoms with van der Waals surface area (Å²) in [6.07, 6.45) is 4.87. The lowest BCUT2D eigenvalue weighted by molar-refractivity contribution is -0.143.